The summed E-state index contributed by atoms with van der Waals surface area (Å²) in [5, 5.41) is 13.9. The van der Waals surface area contributed by atoms with E-state index in [9.17, 15) is 4.79 Å². The van der Waals surface area contributed by atoms with Gasteiger partial charge in [0.05, 0.1) is 6.04 Å². The zero-order chi connectivity index (χ0) is 11.3. The fraction of sp³-hybridized carbons (Fsp3) is 0.556. The van der Waals surface area contributed by atoms with Gasteiger partial charge in [-0.1, -0.05) is 5.16 Å². The molecule has 0 aromatic rings. The Morgan fingerprint density at radius 3 is 3.13 bits per heavy atom. The van der Waals surface area contributed by atoms with E-state index in [0.717, 1.165) is 6.21 Å². The summed E-state index contributed by atoms with van der Waals surface area (Å²) in [5.41, 5.74) is 0. The normalized spacial score (nSPS) is 25.9. The Morgan fingerprint density at radius 1 is 1.87 bits per heavy atom. The van der Waals surface area contributed by atoms with Crippen LogP contribution >= 0.6 is 0 Å². The van der Waals surface area contributed by atoms with E-state index in [2.05, 4.69) is 10.5 Å². The van der Waals surface area contributed by atoms with Crippen LogP contribution in [-0.4, -0.2) is 36.8 Å². The van der Waals surface area contributed by atoms with Gasteiger partial charge in [0, 0.05) is 20.5 Å². The van der Waals surface area contributed by atoms with Crippen molar-refractivity contribution < 1.29 is 19.5 Å². The van der Waals surface area contributed by atoms with Crippen LogP contribution in [-0.2, 0) is 14.3 Å². The van der Waals surface area contributed by atoms with Gasteiger partial charge >= 0.3 is 0 Å². The molecule has 1 amide bonds. The summed E-state index contributed by atoms with van der Waals surface area (Å²) in [4.78, 5) is 10.9. The van der Waals surface area contributed by atoms with E-state index in [0.29, 0.717) is 12.2 Å². The molecule has 15 heavy (non-hydrogen) atoms. The van der Waals surface area contributed by atoms with Gasteiger partial charge in [-0.3, -0.25) is 4.79 Å². The third-order valence-corrected chi connectivity index (χ3v) is 1.92. The summed E-state index contributed by atoms with van der Waals surface area (Å²) >= 11 is 0. The molecule has 2 atom stereocenters. The Hall–Kier alpha value is -1.56. The maximum absolute atomic E-state index is 10.9. The molecule has 0 fully saturated rings. The van der Waals surface area contributed by atoms with Crippen molar-refractivity contribution >= 4 is 12.1 Å². The van der Waals surface area contributed by atoms with E-state index < -0.39 is 6.29 Å². The monoisotopic (exact) mass is 214 g/mol. The van der Waals surface area contributed by atoms with Crippen LogP contribution in [0.5, 0.6) is 0 Å². The minimum Gasteiger partial charge on any atom is -0.463 e. The molecule has 0 saturated heterocycles. The molecule has 1 heterocycles. The Morgan fingerprint density at radius 2 is 2.60 bits per heavy atom. The van der Waals surface area contributed by atoms with Crippen LogP contribution in [0.3, 0.4) is 0 Å². The molecule has 0 spiro atoms. The van der Waals surface area contributed by atoms with Crippen LogP contribution in [0.25, 0.3) is 0 Å². The van der Waals surface area contributed by atoms with Gasteiger partial charge in [-0.2, -0.15) is 0 Å². The second-order valence-electron chi connectivity index (χ2n) is 3.14. The van der Waals surface area contributed by atoms with Gasteiger partial charge < -0.3 is 20.0 Å². The van der Waals surface area contributed by atoms with Crippen LogP contribution in [0.1, 0.15) is 13.3 Å². The Kier molecular flexibility index (Phi) is 4.11. The molecule has 6 heteroatoms. The number of amides is 1. The molecule has 0 unspecified atom stereocenters. The number of nitrogens with one attached hydrogen (secondary N) is 1. The zero-order valence-corrected chi connectivity index (χ0v) is 8.64. The summed E-state index contributed by atoms with van der Waals surface area (Å²) in [6.07, 6.45) is 2.90. The van der Waals surface area contributed by atoms with Crippen molar-refractivity contribution in [2.45, 2.75) is 25.7 Å². The van der Waals surface area contributed by atoms with Crippen LogP contribution in [0.15, 0.2) is 17.0 Å². The van der Waals surface area contributed by atoms with Crippen molar-refractivity contribution in [3.63, 3.8) is 0 Å². The van der Waals surface area contributed by atoms with E-state index in [1.165, 1.54) is 14.0 Å². The first-order chi connectivity index (χ1) is 7.15. The van der Waals surface area contributed by atoms with Gasteiger partial charge in [-0.15, -0.1) is 0 Å². The Bertz CT molecular complexity index is 288. The standard InChI is InChI=1S/C9H14N2O4/c1-6(12)11-7-3-8(5-10-13)15-9(4-7)14-2/h3,5,7,9,13H,4H2,1-2H3,(H,11,12)/b10-5-/t7-,9+/m0/s1. The smallest absolute Gasteiger partial charge is 0.217 e. The number of hydrogen-bond acceptors (Lipinski definition) is 5. The van der Waals surface area contributed by atoms with Crippen molar-refractivity contribution in [2.75, 3.05) is 7.11 Å². The lowest BCUT2D eigenvalue weighted by Crippen LogP contribution is -2.38. The average Bonchev–Trinajstić information content (AvgIpc) is 2.16. The van der Waals surface area contributed by atoms with Crippen LogP contribution < -0.4 is 5.32 Å². The number of carbonyl (C=O) groups excluding carboxylic acids is 1. The van der Waals surface area contributed by atoms with Crippen LogP contribution in [0.4, 0.5) is 0 Å². The maximum atomic E-state index is 10.9. The Balaban J connectivity index is 2.70. The molecule has 1 aliphatic rings. The highest BCUT2D eigenvalue weighted by Gasteiger charge is 2.23. The Labute approximate surface area is 87.5 Å². The minimum absolute atomic E-state index is 0.131. The molecular formula is C9H14N2O4. The number of methoxy groups -OCH3 is 1. The molecule has 0 aromatic carbocycles. The third-order valence-electron chi connectivity index (χ3n) is 1.92. The predicted molar refractivity (Wildman–Crippen MR) is 52.5 cm³/mol. The average molecular weight is 214 g/mol. The number of ether oxygens (including phenoxy) is 2. The van der Waals surface area contributed by atoms with E-state index in [1.54, 1.807) is 6.08 Å². The summed E-state index contributed by atoms with van der Waals surface area (Å²) < 4.78 is 10.3. The molecule has 1 rings (SSSR count). The molecule has 84 valence electrons. The van der Waals surface area contributed by atoms with Crippen LogP contribution in [0.2, 0.25) is 0 Å². The highest BCUT2D eigenvalue weighted by molar-refractivity contribution is 5.77. The number of oxime groups is 1. The molecule has 6 nitrogen and oxygen atoms in total. The maximum Gasteiger partial charge on any atom is 0.217 e. The van der Waals surface area contributed by atoms with Gasteiger partial charge in [-0.25, -0.2) is 0 Å². The number of nitrogens with zero attached hydrogens (tertiary/aromatic N) is 1. The van der Waals surface area contributed by atoms with E-state index in [-0.39, 0.29) is 11.9 Å². The van der Waals surface area contributed by atoms with E-state index >= 15 is 0 Å². The molecule has 2 N–H and O–H groups in total. The van der Waals surface area contributed by atoms with Crippen LogP contribution in [0, 0.1) is 0 Å². The van der Waals surface area contributed by atoms with Crippen molar-refractivity contribution in [1.29, 1.82) is 0 Å². The number of hydrogen-bond donors (Lipinski definition) is 2. The van der Waals surface area contributed by atoms with Crippen molar-refractivity contribution in [2.24, 2.45) is 5.16 Å². The van der Waals surface area contributed by atoms with Gasteiger partial charge in [0.15, 0.2) is 0 Å². The summed E-state index contributed by atoms with van der Waals surface area (Å²) in [7, 11) is 1.51. The highest BCUT2D eigenvalue weighted by atomic mass is 16.7. The lowest BCUT2D eigenvalue weighted by Gasteiger charge is -2.27. The van der Waals surface area contributed by atoms with Gasteiger partial charge in [0.2, 0.25) is 12.2 Å². The second kappa shape index (κ2) is 5.35. The quantitative estimate of drug-likeness (QED) is 0.400. The first-order valence-corrected chi connectivity index (χ1v) is 4.51. The first-order valence-electron chi connectivity index (χ1n) is 4.51. The lowest BCUT2D eigenvalue weighted by molar-refractivity contribution is -0.122. The molecular weight excluding hydrogens is 200 g/mol. The molecule has 0 bridgehead atoms. The molecule has 1 aliphatic heterocycles. The fourth-order valence-corrected chi connectivity index (χ4v) is 1.35. The molecule has 0 aromatic heterocycles. The van der Waals surface area contributed by atoms with Gasteiger partial charge in [0.1, 0.15) is 12.0 Å². The van der Waals surface area contributed by atoms with E-state index in [1.807, 2.05) is 0 Å². The SMILES string of the molecule is CO[C@H]1C[C@@H](NC(C)=O)C=C(/C=N\O)O1. The summed E-state index contributed by atoms with van der Waals surface area (Å²) in [6, 6.07) is -0.172. The largest absolute Gasteiger partial charge is 0.463 e. The number of rotatable bonds is 3. The topological polar surface area (TPSA) is 80.2 Å². The number of allylic oxidation sites excluding steroid dienone is 1. The molecule has 0 saturated carbocycles. The first kappa shape index (κ1) is 11.5. The van der Waals surface area contributed by atoms with Crippen molar-refractivity contribution in [1.82, 2.24) is 5.32 Å². The number of carbonyl (C=O) groups is 1. The third kappa shape index (κ3) is 3.59. The summed E-state index contributed by atoms with van der Waals surface area (Å²) in [6.45, 7) is 1.44. The lowest BCUT2D eigenvalue weighted by atomic mass is 10.1. The fourth-order valence-electron chi connectivity index (χ4n) is 1.35. The van der Waals surface area contributed by atoms with Gasteiger partial charge in [-0.05, 0) is 6.08 Å². The van der Waals surface area contributed by atoms with Gasteiger partial charge in [0.25, 0.3) is 0 Å². The molecule has 0 radical (unpaired) electrons. The highest BCUT2D eigenvalue weighted by Crippen LogP contribution is 2.16. The minimum atomic E-state index is -0.445. The van der Waals surface area contributed by atoms with E-state index in [4.69, 9.17) is 14.7 Å². The predicted octanol–water partition coefficient (Wildman–Crippen LogP) is 0.228. The zero-order valence-electron chi connectivity index (χ0n) is 8.64. The van der Waals surface area contributed by atoms with Crippen molar-refractivity contribution in [3.05, 3.63) is 11.8 Å². The summed E-state index contributed by atoms with van der Waals surface area (Å²) in [5.74, 6) is 0.239. The second-order valence-corrected chi connectivity index (χ2v) is 3.14. The van der Waals surface area contributed by atoms with Crippen molar-refractivity contribution in [3.8, 4) is 0 Å². The molecule has 0 aliphatic carbocycles.